The Bertz CT molecular complexity index is 2130. The second kappa shape index (κ2) is 16.1. The van der Waals surface area contributed by atoms with Crippen molar-refractivity contribution in [1.82, 2.24) is 0 Å². The van der Waals surface area contributed by atoms with Crippen LogP contribution in [0.5, 0.6) is 0 Å². The van der Waals surface area contributed by atoms with Gasteiger partial charge in [-0.2, -0.15) is 16.8 Å². The van der Waals surface area contributed by atoms with Gasteiger partial charge in [-0.15, -0.1) is 0 Å². The van der Waals surface area contributed by atoms with Crippen molar-refractivity contribution in [2.24, 2.45) is 11.5 Å². The van der Waals surface area contributed by atoms with E-state index >= 15 is 0 Å². The van der Waals surface area contributed by atoms with Crippen LogP contribution in [0.25, 0.3) is 0 Å². The van der Waals surface area contributed by atoms with Gasteiger partial charge in [0.15, 0.2) is 11.6 Å². The molecule has 1 aliphatic rings. The standard InChI is InChI=1S/C32H30N2O8S2.C6H16N2/c1-15-13-17(3)31(43(37,38)39)19(5)27(15)33-23-11-12-24(26-25(23)29(35)21-9-7-8-10-22(21)30(26)36)34-28-16(2)14-18(4)32(20(28)6)44(40,41)42;7-5-3-1-2-4-6-8/h7-14,33-34H,1-6H3,(H,37,38,39)(H,40,41,42);1-8H2. The molecule has 0 aromatic heterocycles. The number of carbonyl (C=O) groups excluding carboxylic acids is 2. The molecule has 0 radical (unpaired) electrons. The Morgan fingerprint density at radius 2 is 0.904 bits per heavy atom. The minimum atomic E-state index is -4.57. The van der Waals surface area contributed by atoms with Gasteiger partial charge < -0.3 is 22.1 Å². The van der Waals surface area contributed by atoms with Gasteiger partial charge in [-0.05, 0) is 113 Å². The first-order valence-corrected chi connectivity index (χ1v) is 19.7. The third-order valence-corrected chi connectivity index (χ3v) is 11.4. The van der Waals surface area contributed by atoms with Crippen LogP contribution in [-0.4, -0.2) is 50.6 Å². The SMILES string of the molecule is Cc1cc(C)c(S(=O)(=O)O)c(C)c1Nc1ccc(Nc2c(C)cc(C)c(S(=O)(=O)O)c2C)c2c1C(=O)c1ccccc1C2=O.NCCCCCCN. The number of nitrogens with two attached hydrogens (primary N) is 2. The highest BCUT2D eigenvalue weighted by Gasteiger charge is 2.35. The highest BCUT2D eigenvalue weighted by atomic mass is 32.2. The predicted molar refractivity (Wildman–Crippen MR) is 204 cm³/mol. The molecule has 0 heterocycles. The molecular weight excluding hydrogens is 705 g/mol. The quantitative estimate of drug-likeness (QED) is 0.0610. The Morgan fingerprint density at radius 1 is 0.558 bits per heavy atom. The monoisotopic (exact) mass is 750 g/mol. The number of anilines is 4. The average molecular weight is 751 g/mol. The fourth-order valence-electron chi connectivity index (χ4n) is 6.86. The van der Waals surface area contributed by atoms with Gasteiger partial charge in [0.05, 0.1) is 22.5 Å². The van der Waals surface area contributed by atoms with Gasteiger partial charge in [-0.3, -0.25) is 18.7 Å². The average Bonchev–Trinajstić information content (AvgIpc) is 3.04. The Kier molecular flexibility index (Phi) is 12.5. The zero-order valence-electron chi connectivity index (χ0n) is 30.2. The summed E-state index contributed by atoms with van der Waals surface area (Å²) in [7, 11) is -9.14. The van der Waals surface area contributed by atoms with Crippen LogP contribution in [0.3, 0.4) is 0 Å². The van der Waals surface area contributed by atoms with E-state index in [-0.39, 0.29) is 54.5 Å². The molecule has 0 amide bonds. The molecule has 0 saturated carbocycles. The summed E-state index contributed by atoms with van der Waals surface area (Å²) in [5, 5.41) is 6.30. The van der Waals surface area contributed by atoms with Crippen molar-refractivity contribution in [3.63, 3.8) is 0 Å². The maximum Gasteiger partial charge on any atom is 0.295 e. The first-order valence-electron chi connectivity index (χ1n) is 16.8. The molecule has 278 valence electrons. The van der Waals surface area contributed by atoms with Gasteiger partial charge >= 0.3 is 0 Å². The number of benzene rings is 4. The maximum absolute atomic E-state index is 14.0. The zero-order chi connectivity index (χ0) is 38.7. The van der Waals surface area contributed by atoms with Crippen molar-refractivity contribution in [2.75, 3.05) is 23.7 Å². The van der Waals surface area contributed by atoms with Crippen molar-refractivity contribution >= 4 is 54.6 Å². The minimum Gasteiger partial charge on any atom is -0.354 e. The van der Waals surface area contributed by atoms with Crippen molar-refractivity contribution < 1.29 is 35.5 Å². The molecule has 12 nitrogen and oxygen atoms in total. The van der Waals surface area contributed by atoms with Crippen molar-refractivity contribution in [1.29, 1.82) is 0 Å². The summed E-state index contributed by atoms with van der Waals surface area (Å²) in [5.41, 5.74) is 14.6. The summed E-state index contributed by atoms with van der Waals surface area (Å²) < 4.78 is 68.6. The van der Waals surface area contributed by atoms with Gasteiger partial charge in [0.25, 0.3) is 20.2 Å². The van der Waals surface area contributed by atoms with E-state index < -0.39 is 31.8 Å². The third-order valence-electron chi connectivity index (χ3n) is 9.07. The summed E-state index contributed by atoms with van der Waals surface area (Å²) in [6.45, 7) is 11.3. The van der Waals surface area contributed by atoms with Crippen LogP contribution in [0.15, 0.2) is 58.3 Å². The molecule has 0 spiro atoms. The maximum atomic E-state index is 14.0. The fraction of sp³-hybridized carbons (Fsp3) is 0.316. The molecule has 0 unspecified atom stereocenters. The molecule has 5 rings (SSSR count). The number of aryl methyl sites for hydroxylation is 4. The molecule has 8 N–H and O–H groups in total. The molecule has 1 aliphatic carbocycles. The van der Waals surface area contributed by atoms with E-state index in [1.54, 1.807) is 76.2 Å². The summed E-state index contributed by atoms with van der Waals surface area (Å²) in [5.74, 6) is -0.899. The van der Waals surface area contributed by atoms with E-state index in [0.29, 0.717) is 33.6 Å². The Labute approximate surface area is 305 Å². The molecule has 0 saturated heterocycles. The first-order chi connectivity index (χ1) is 24.3. The van der Waals surface area contributed by atoms with Crippen molar-refractivity contribution in [3.05, 3.63) is 104 Å². The largest absolute Gasteiger partial charge is 0.354 e. The Balaban J connectivity index is 0.000000677. The van der Waals surface area contributed by atoms with E-state index in [9.17, 15) is 35.5 Å². The van der Waals surface area contributed by atoms with Crippen LogP contribution in [-0.2, 0) is 20.2 Å². The number of nitrogens with one attached hydrogen (secondary N) is 2. The Morgan fingerprint density at radius 3 is 1.21 bits per heavy atom. The number of hydrogen-bond donors (Lipinski definition) is 6. The smallest absolute Gasteiger partial charge is 0.295 e. The molecule has 0 atom stereocenters. The highest BCUT2D eigenvalue weighted by Crippen LogP contribution is 2.42. The number of rotatable bonds is 11. The second-order valence-electron chi connectivity index (χ2n) is 13.0. The van der Waals surface area contributed by atoms with Crippen LogP contribution in [0, 0.1) is 41.5 Å². The fourth-order valence-corrected chi connectivity index (χ4v) is 8.77. The molecule has 0 fully saturated rings. The van der Waals surface area contributed by atoms with Crippen LogP contribution in [0.2, 0.25) is 0 Å². The lowest BCUT2D eigenvalue weighted by atomic mass is 9.82. The molecule has 14 heteroatoms. The number of carbonyl (C=O) groups is 2. The second-order valence-corrected chi connectivity index (χ2v) is 15.7. The van der Waals surface area contributed by atoms with Crippen molar-refractivity contribution in [3.8, 4) is 0 Å². The molecule has 4 aromatic rings. The van der Waals surface area contributed by atoms with Crippen LogP contribution >= 0.6 is 0 Å². The molecule has 0 aliphatic heterocycles. The van der Waals surface area contributed by atoms with Crippen LogP contribution in [0.4, 0.5) is 22.7 Å². The van der Waals surface area contributed by atoms with Crippen molar-refractivity contribution in [2.45, 2.75) is 77.0 Å². The van der Waals surface area contributed by atoms with E-state index in [4.69, 9.17) is 11.5 Å². The lowest BCUT2D eigenvalue weighted by Crippen LogP contribution is -2.24. The number of fused-ring (bicyclic) bond motifs is 2. The van der Waals surface area contributed by atoms with Gasteiger partial charge in [-0.1, -0.05) is 49.2 Å². The molecule has 4 aromatic carbocycles. The van der Waals surface area contributed by atoms with Crippen LogP contribution < -0.4 is 22.1 Å². The zero-order valence-corrected chi connectivity index (χ0v) is 31.8. The van der Waals surface area contributed by atoms with E-state index in [1.165, 1.54) is 26.7 Å². The van der Waals surface area contributed by atoms with Gasteiger partial charge in [0.2, 0.25) is 0 Å². The molecule has 0 bridgehead atoms. The normalized spacial score (nSPS) is 12.5. The lowest BCUT2D eigenvalue weighted by Gasteiger charge is -2.26. The van der Waals surface area contributed by atoms with E-state index in [1.807, 2.05) is 0 Å². The predicted octanol–water partition coefficient (Wildman–Crippen LogP) is 6.76. The number of hydrogen-bond acceptors (Lipinski definition) is 10. The lowest BCUT2D eigenvalue weighted by molar-refractivity contribution is 0.0980. The first kappa shape index (κ1) is 40.3. The van der Waals surface area contributed by atoms with Gasteiger partial charge in [0, 0.05) is 22.5 Å². The minimum absolute atomic E-state index is 0.0314. The summed E-state index contributed by atoms with van der Waals surface area (Å²) in [6, 6.07) is 12.7. The van der Waals surface area contributed by atoms with Gasteiger partial charge in [0.1, 0.15) is 9.79 Å². The van der Waals surface area contributed by atoms with E-state index in [2.05, 4.69) is 10.6 Å². The molecule has 52 heavy (non-hydrogen) atoms. The highest BCUT2D eigenvalue weighted by molar-refractivity contribution is 7.86. The van der Waals surface area contributed by atoms with E-state index in [0.717, 1.165) is 25.9 Å². The topological polar surface area (TPSA) is 219 Å². The summed E-state index contributed by atoms with van der Waals surface area (Å²) >= 11 is 0. The summed E-state index contributed by atoms with van der Waals surface area (Å²) in [6.07, 6.45) is 4.79. The van der Waals surface area contributed by atoms with Crippen LogP contribution in [0.1, 0.15) is 90.9 Å². The number of ketones is 2. The summed E-state index contributed by atoms with van der Waals surface area (Å²) in [4.78, 5) is 27.5. The number of unbranched alkanes of at least 4 members (excludes halogenated alkanes) is 3. The van der Waals surface area contributed by atoms with Gasteiger partial charge in [-0.25, -0.2) is 0 Å². The Hall–Kier alpha value is -4.44. The molecular formula is C38H46N4O8S2. The third kappa shape index (κ3) is 8.27.